The van der Waals surface area contributed by atoms with Gasteiger partial charge in [0.05, 0.1) is 6.85 Å². The van der Waals surface area contributed by atoms with Gasteiger partial charge in [-0.3, -0.25) is 0 Å². The van der Waals surface area contributed by atoms with Crippen LogP contribution in [0.15, 0.2) is 168 Å². The molecule has 0 spiro atoms. The van der Waals surface area contributed by atoms with Crippen LogP contribution in [-0.2, 0) is 0 Å². The van der Waals surface area contributed by atoms with Crippen molar-refractivity contribution in [3.8, 4) is 56.4 Å². The molecule has 4 nitrogen and oxygen atoms in total. The summed E-state index contributed by atoms with van der Waals surface area (Å²) in [7, 11) is 0. The van der Waals surface area contributed by atoms with E-state index >= 15 is 0 Å². The molecule has 234 valence electrons. The fraction of sp³-hybridized carbons (Fsp3) is 0. The summed E-state index contributed by atoms with van der Waals surface area (Å²) >= 11 is 1.81. The Morgan fingerprint density at radius 3 is 1.84 bits per heavy atom. The fourth-order valence-electron chi connectivity index (χ4n) is 6.62. The van der Waals surface area contributed by atoms with Crippen LogP contribution >= 0.6 is 11.3 Å². The van der Waals surface area contributed by atoms with Gasteiger partial charge < -0.3 is 4.42 Å². The molecule has 0 aliphatic rings. The highest BCUT2D eigenvalue weighted by Gasteiger charge is 2.17. The lowest BCUT2D eigenvalue weighted by Crippen LogP contribution is -2.00. The van der Waals surface area contributed by atoms with Crippen molar-refractivity contribution < 1.29 is 11.3 Å². The standard InChI is InChI=1S/C45H27N3OS/c1-3-11-28(12-4-1)30-15-9-16-32(25-30)44-46-43(29-13-5-2-6-14-29)47-45(48-44)33-22-24-36-35-23-21-31(26-39(35)49-40(36)27-33)34-18-10-19-38-37-17-7-8-20-41(37)50-42(34)38/h1-27H/i1D,3D,4D,11D,12D. The smallest absolute Gasteiger partial charge is 0.164 e. The van der Waals surface area contributed by atoms with E-state index in [9.17, 15) is 0 Å². The summed E-state index contributed by atoms with van der Waals surface area (Å²) < 4.78 is 50.5. The molecule has 0 amide bonds. The average molecular weight is 663 g/mol. The summed E-state index contributed by atoms with van der Waals surface area (Å²) in [5, 5.41) is 4.51. The molecule has 10 rings (SSSR count). The molecular formula is C45H27N3OS. The second-order valence-electron chi connectivity index (χ2n) is 12.1. The van der Waals surface area contributed by atoms with E-state index < -0.39 is 6.04 Å². The van der Waals surface area contributed by atoms with Crippen LogP contribution in [0.4, 0.5) is 0 Å². The third-order valence-corrected chi connectivity index (χ3v) is 10.2. The quantitative estimate of drug-likeness (QED) is 0.184. The Hall–Kier alpha value is -6.43. The maximum Gasteiger partial charge on any atom is 0.164 e. The first-order chi connectivity index (χ1) is 26.8. The molecule has 0 bridgehead atoms. The number of furan rings is 1. The van der Waals surface area contributed by atoms with E-state index in [1.165, 1.54) is 25.7 Å². The molecular weight excluding hydrogens is 631 g/mol. The van der Waals surface area contributed by atoms with Crippen LogP contribution in [0.2, 0.25) is 0 Å². The van der Waals surface area contributed by atoms with E-state index in [-0.39, 0.29) is 29.7 Å². The van der Waals surface area contributed by atoms with Crippen LogP contribution in [-0.4, -0.2) is 15.0 Å². The van der Waals surface area contributed by atoms with E-state index in [2.05, 4.69) is 60.7 Å². The lowest BCUT2D eigenvalue weighted by atomic mass is 10.0. The maximum atomic E-state index is 8.53. The SMILES string of the molecule is [2H]c1c([2H])c([2H])c(-c2cccc(-c3nc(-c4ccccc4)nc(-c4ccc5c(c4)oc4cc(-c6cccc7c6sc6ccccc67)ccc45)n3)c2)c([2H])c1[2H]. The molecule has 10 aromatic rings. The molecule has 0 fully saturated rings. The van der Waals surface area contributed by atoms with Crippen LogP contribution < -0.4 is 0 Å². The van der Waals surface area contributed by atoms with Crippen molar-refractivity contribution in [1.29, 1.82) is 0 Å². The van der Waals surface area contributed by atoms with Gasteiger partial charge in [0.15, 0.2) is 17.5 Å². The first-order valence-electron chi connectivity index (χ1n) is 18.7. The molecule has 3 aromatic heterocycles. The zero-order chi connectivity index (χ0) is 37.4. The number of benzene rings is 7. The molecule has 3 heterocycles. The Bertz CT molecular complexity index is 3150. The molecule has 0 radical (unpaired) electrons. The summed E-state index contributed by atoms with van der Waals surface area (Å²) in [5.41, 5.74) is 6.48. The zero-order valence-corrected chi connectivity index (χ0v) is 27.2. The van der Waals surface area contributed by atoms with Gasteiger partial charge in [-0.25, -0.2) is 15.0 Å². The van der Waals surface area contributed by atoms with E-state index in [0.717, 1.165) is 33.0 Å². The number of fused-ring (bicyclic) bond motifs is 6. The monoisotopic (exact) mass is 662 g/mol. The van der Waals surface area contributed by atoms with E-state index in [0.29, 0.717) is 34.2 Å². The molecule has 5 heteroatoms. The predicted octanol–water partition coefficient (Wildman–Crippen LogP) is 12.5. The second kappa shape index (κ2) is 11.6. The van der Waals surface area contributed by atoms with Crippen molar-refractivity contribution in [3.05, 3.63) is 164 Å². The highest BCUT2D eigenvalue weighted by atomic mass is 32.1. The van der Waals surface area contributed by atoms with Gasteiger partial charge in [0, 0.05) is 47.6 Å². The lowest BCUT2D eigenvalue weighted by molar-refractivity contribution is 0.669. The van der Waals surface area contributed by atoms with Crippen LogP contribution in [0.1, 0.15) is 6.85 Å². The van der Waals surface area contributed by atoms with Crippen molar-refractivity contribution in [3.63, 3.8) is 0 Å². The maximum absolute atomic E-state index is 8.53. The second-order valence-corrected chi connectivity index (χ2v) is 13.1. The average Bonchev–Trinajstić information content (AvgIpc) is 3.80. The highest BCUT2D eigenvalue weighted by molar-refractivity contribution is 7.26. The largest absolute Gasteiger partial charge is 0.456 e. The minimum absolute atomic E-state index is 0.115. The molecule has 0 atom stereocenters. The molecule has 0 aliphatic heterocycles. The van der Waals surface area contributed by atoms with Crippen molar-refractivity contribution in [2.75, 3.05) is 0 Å². The van der Waals surface area contributed by atoms with Gasteiger partial charge in [-0.1, -0.05) is 127 Å². The summed E-state index contributed by atoms with van der Waals surface area (Å²) in [5.74, 6) is 1.29. The summed E-state index contributed by atoms with van der Waals surface area (Å²) in [6, 6.07) is 42.4. The first-order valence-corrected chi connectivity index (χ1v) is 17.0. The Labute approximate surface area is 299 Å². The van der Waals surface area contributed by atoms with E-state index in [1.54, 1.807) is 29.5 Å². The Kier molecular flexibility index (Phi) is 5.54. The van der Waals surface area contributed by atoms with Crippen LogP contribution in [0.3, 0.4) is 0 Å². The van der Waals surface area contributed by atoms with Crippen LogP contribution in [0.5, 0.6) is 0 Å². The third-order valence-electron chi connectivity index (χ3n) is 9.02. The normalized spacial score (nSPS) is 13.0. The van der Waals surface area contributed by atoms with E-state index in [4.69, 9.17) is 26.2 Å². The predicted molar refractivity (Wildman–Crippen MR) is 207 cm³/mol. The number of aromatic nitrogens is 3. The third kappa shape index (κ3) is 4.87. The number of rotatable bonds is 5. The molecule has 0 saturated carbocycles. The van der Waals surface area contributed by atoms with Gasteiger partial charge in [0.25, 0.3) is 0 Å². The Morgan fingerprint density at radius 2 is 1.04 bits per heavy atom. The van der Waals surface area contributed by atoms with Gasteiger partial charge >= 0.3 is 0 Å². The van der Waals surface area contributed by atoms with Crippen molar-refractivity contribution >= 4 is 53.4 Å². The van der Waals surface area contributed by atoms with Gasteiger partial charge in [-0.15, -0.1) is 11.3 Å². The van der Waals surface area contributed by atoms with Crippen molar-refractivity contribution in [1.82, 2.24) is 15.0 Å². The summed E-state index contributed by atoms with van der Waals surface area (Å²) in [4.78, 5) is 14.7. The molecule has 7 aromatic carbocycles. The Morgan fingerprint density at radius 1 is 0.440 bits per heavy atom. The van der Waals surface area contributed by atoms with E-state index in [1.807, 2.05) is 54.6 Å². The van der Waals surface area contributed by atoms with Crippen LogP contribution in [0, 0.1) is 0 Å². The first kappa shape index (κ1) is 23.8. The lowest BCUT2D eigenvalue weighted by Gasteiger charge is -2.09. The van der Waals surface area contributed by atoms with Gasteiger partial charge in [0.1, 0.15) is 11.2 Å². The molecule has 0 saturated heterocycles. The summed E-state index contributed by atoms with van der Waals surface area (Å²) in [6.07, 6.45) is 0. The number of hydrogen-bond donors (Lipinski definition) is 0. The summed E-state index contributed by atoms with van der Waals surface area (Å²) in [6.45, 7) is 0. The zero-order valence-electron chi connectivity index (χ0n) is 31.4. The topological polar surface area (TPSA) is 51.8 Å². The molecule has 0 unspecified atom stereocenters. The Balaban J connectivity index is 1.09. The van der Waals surface area contributed by atoms with Gasteiger partial charge in [-0.2, -0.15) is 0 Å². The molecule has 50 heavy (non-hydrogen) atoms. The minimum Gasteiger partial charge on any atom is -0.456 e. The molecule has 0 N–H and O–H groups in total. The highest BCUT2D eigenvalue weighted by Crippen LogP contribution is 2.41. The number of hydrogen-bond acceptors (Lipinski definition) is 5. The number of thiophene rings is 1. The van der Waals surface area contributed by atoms with Crippen LogP contribution in [0.25, 0.3) is 98.5 Å². The van der Waals surface area contributed by atoms with Gasteiger partial charge in [-0.05, 0) is 58.7 Å². The number of nitrogens with zero attached hydrogens (tertiary/aromatic N) is 3. The minimum atomic E-state index is -0.434. The van der Waals surface area contributed by atoms with Crippen molar-refractivity contribution in [2.24, 2.45) is 0 Å². The van der Waals surface area contributed by atoms with Gasteiger partial charge in [0.2, 0.25) is 0 Å². The van der Waals surface area contributed by atoms with Crippen molar-refractivity contribution in [2.45, 2.75) is 0 Å². The fourth-order valence-corrected chi connectivity index (χ4v) is 7.86. The molecule has 0 aliphatic carbocycles.